The SMILES string of the molecule is CCCC(Cc1c(C)cccc1C)(C(=O)O)C(=O)OCC. The van der Waals surface area contributed by atoms with Crippen molar-refractivity contribution in [2.24, 2.45) is 5.41 Å². The van der Waals surface area contributed by atoms with Crippen LogP contribution in [0.5, 0.6) is 0 Å². The third-order valence-corrected chi connectivity index (χ3v) is 3.88. The van der Waals surface area contributed by atoms with Gasteiger partial charge in [0.1, 0.15) is 0 Å². The molecule has 0 radical (unpaired) electrons. The smallest absolute Gasteiger partial charge is 0.323 e. The Morgan fingerprint density at radius 2 is 1.76 bits per heavy atom. The Balaban J connectivity index is 3.30. The van der Waals surface area contributed by atoms with Crippen LogP contribution in [0.1, 0.15) is 43.4 Å². The lowest BCUT2D eigenvalue weighted by molar-refractivity contribution is -0.169. The van der Waals surface area contributed by atoms with E-state index in [9.17, 15) is 14.7 Å². The first-order chi connectivity index (χ1) is 9.89. The normalized spacial score (nSPS) is 13.5. The van der Waals surface area contributed by atoms with Crippen LogP contribution in [0.25, 0.3) is 0 Å². The Hall–Kier alpha value is -1.84. The molecule has 1 atom stereocenters. The minimum atomic E-state index is -1.50. The van der Waals surface area contributed by atoms with Gasteiger partial charge >= 0.3 is 11.9 Å². The van der Waals surface area contributed by atoms with Gasteiger partial charge in [-0.1, -0.05) is 31.5 Å². The molecular weight excluding hydrogens is 268 g/mol. The quantitative estimate of drug-likeness (QED) is 0.619. The van der Waals surface area contributed by atoms with Crippen LogP contribution >= 0.6 is 0 Å². The van der Waals surface area contributed by atoms with E-state index in [4.69, 9.17) is 4.74 Å². The molecular formula is C17H24O4. The molecule has 21 heavy (non-hydrogen) atoms. The zero-order valence-electron chi connectivity index (χ0n) is 13.2. The Labute approximate surface area is 126 Å². The third-order valence-electron chi connectivity index (χ3n) is 3.88. The first kappa shape index (κ1) is 17.2. The monoisotopic (exact) mass is 292 g/mol. The fourth-order valence-corrected chi connectivity index (χ4v) is 2.66. The zero-order chi connectivity index (χ0) is 16.0. The number of carboxylic acids is 1. The summed E-state index contributed by atoms with van der Waals surface area (Å²) < 4.78 is 5.05. The Bertz CT molecular complexity index is 501. The number of esters is 1. The summed E-state index contributed by atoms with van der Waals surface area (Å²) in [5, 5.41) is 9.69. The molecule has 0 saturated carbocycles. The molecule has 4 nitrogen and oxygen atoms in total. The molecule has 0 spiro atoms. The molecule has 0 bridgehead atoms. The maximum atomic E-state index is 12.3. The number of hydrogen-bond acceptors (Lipinski definition) is 3. The Morgan fingerprint density at radius 3 is 2.19 bits per heavy atom. The van der Waals surface area contributed by atoms with Gasteiger partial charge < -0.3 is 9.84 Å². The predicted molar refractivity (Wildman–Crippen MR) is 81.2 cm³/mol. The average Bonchev–Trinajstić information content (AvgIpc) is 2.41. The molecule has 0 aromatic heterocycles. The molecule has 1 aromatic carbocycles. The summed E-state index contributed by atoms with van der Waals surface area (Å²) in [6, 6.07) is 5.80. The van der Waals surface area contributed by atoms with Crippen molar-refractivity contribution in [1.82, 2.24) is 0 Å². The molecule has 4 heteroatoms. The van der Waals surface area contributed by atoms with Crippen LogP contribution in [0, 0.1) is 19.3 Å². The molecule has 0 heterocycles. The number of carbonyl (C=O) groups excluding carboxylic acids is 1. The molecule has 0 aliphatic rings. The van der Waals surface area contributed by atoms with Crippen LogP contribution in [-0.2, 0) is 20.7 Å². The van der Waals surface area contributed by atoms with Crippen LogP contribution < -0.4 is 0 Å². The Morgan fingerprint density at radius 1 is 1.19 bits per heavy atom. The van der Waals surface area contributed by atoms with Gasteiger partial charge in [-0.15, -0.1) is 0 Å². The number of benzene rings is 1. The van der Waals surface area contributed by atoms with Gasteiger partial charge in [-0.05, 0) is 50.3 Å². The average molecular weight is 292 g/mol. The summed E-state index contributed by atoms with van der Waals surface area (Å²) >= 11 is 0. The van der Waals surface area contributed by atoms with Crippen molar-refractivity contribution < 1.29 is 19.4 Å². The number of carboxylic acid groups (broad SMARTS) is 1. The fourth-order valence-electron chi connectivity index (χ4n) is 2.66. The molecule has 0 fully saturated rings. The Kier molecular flexibility index (Phi) is 5.94. The second kappa shape index (κ2) is 7.25. The lowest BCUT2D eigenvalue weighted by atomic mass is 9.76. The highest BCUT2D eigenvalue weighted by atomic mass is 16.5. The molecule has 1 aromatic rings. The van der Waals surface area contributed by atoms with E-state index in [2.05, 4.69) is 0 Å². The maximum absolute atomic E-state index is 12.3. The maximum Gasteiger partial charge on any atom is 0.323 e. The molecule has 1 rings (SSSR count). The molecule has 0 aliphatic heterocycles. The second-order valence-corrected chi connectivity index (χ2v) is 5.40. The number of carbonyl (C=O) groups is 2. The number of ether oxygens (including phenoxy) is 1. The van der Waals surface area contributed by atoms with Crippen molar-refractivity contribution in [1.29, 1.82) is 0 Å². The molecule has 1 unspecified atom stereocenters. The highest BCUT2D eigenvalue weighted by Gasteiger charge is 2.47. The summed E-state index contributed by atoms with van der Waals surface area (Å²) in [4.78, 5) is 24.2. The second-order valence-electron chi connectivity index (χ2n) is 5.40. The van der Waals surface area contributed by atoms with Gasteiger partial charge in [0.2, 0.25) is 0 Å². The van der Waals surface area contributed by atoms with E-state index in [-0.39, 0.29) is 19.4 Å². The van der Waals surface area contributed by atoms with Crippen LogP contribution in [-0.4, -0.2) is 23.7 Å². The summed E-state index contributed by atoms with van der Waals surface area (Å²) in [6.45, 7) is 7.62. The third kappa shape index (κ3) is 3.63. The standard InChI is InChI=1S/C17H24O4/c1-5-10-17(15(18)19,16(20)21-6-2)11-14-12(3)8-7-9-13(14)4/h7-9H,5-6,10-11H2,1-4H3,(H,18,19). The number of hydrogen-bond donors (Lipinski definition) is 1. The van der Waals surface area contributed by atoms with E-state index < -0.39 is 17.4 Å². The first-order valence-electron chi connectivity index (χ1n) is 7.34. The topological polar surface area (TPSA) is 63.6 Å². The van der Waals surface area contributed by atoms with Gasteiger partial charge in [0.25, 0.3) is 0 Å². The van der Waals surface area contributed by atoms with Crippen LogP contribution in [0.15, 0.2) is 18.2 Å². The van der Waals surface area contributed by atoms with E-state index >= 15 is 0 Å². The highest BCUT2D eigenvalue weighted by molar-refractivity contribution is 5.99. The minimum absolute atomic E-state index is 0.174. The van der Waals surface area contributed by atoms with Crippen molar-refractivity contribution in [3.8, 4) is 0 Å². The van der Waals surface area contributed by atoms with Crippen LogP contribution in [0.2, 0.25) is 0 Å². The molecule has 116 valence electrons. The van der Waals surface area contributed by atoms with Gasteiger partial charge in [-0.3, -0.25) is 9.59 Å². The number of aryl methyl sites for hydroxylation is 2. The van der Waals surface area contributed by atoms with Crippen molar-refractivity contribution in [3.05, 3.63) is 34.9 Å². The largest absolute Gasteiger partial charge is 0.480 e. The number of aliphatic carboxylic acids is 1. The summed E-state index contributed by atoms with van der Waals surface area (Å²) in [5.41, 5.74) is 1.42. The summed E-state index contributed by atoms with van der Waals surface area (Å²) in [5.74, 6) is -1.74. The van der Waals surface area contributed by atoms with Gasteiger partial charge in [-0.2, -0.15) is 0 Å². The zero-order valence-corrected chi connectivity index (χ0v) is 13.2. The van der Waals surface area contributed by atoms with Crippen molar-refractivity contribution in [2.45, 2.75) is 47.0 Å². The summed E-state index contributed by atoms with van der Waals surface area (Å²) in [6.07, 6.45) is 1.05. The molecule has 1 N–H and O–H groups in total. The van der Waals surface area contributed by atoms with Crippen LogP contribution in [0.4, 0.5) is 0 Å². The number of rotatable bonds is 7. The first-order valence-corrected chi connectivity index (χ1v) is 7.34. The fraction of sp³-hybridized carbons (Fsp3) is 0.529. The van der Waals surface area contributed by atoms with Gasteiger partial charge in [0.15, 0.2) is 5.41 Å². The molecule has 0 aliphatic carbocycles. The minimum Gasteiger partial charge on any atom is -0.480 e. The van der Waals surface area contributed by atoms with E-state index in [1.807, 2.05) is 39.0 Å². The summed E-state index contributed by atoms with van der Waals surface area (Å²) in [7, 11) is 0. The van der Waals surface area contributed by atoms with Crippen LogP contribution in [0.3, 0.4) is 0 Å². The van der Waals surface area contributed by atoms with E-state index in [0.717, 1.165) is 16.7 Å². The van der Waals surface area contributed by atoms with E-state index in [0.29, 0.717) is 6.42 Å². The van der Waals surface area contributed by atoms with E-state index in [1.165, 1.54) is 0 Å². The highest BCUT2D eigenvalue weighted by Crippen LogP contribution is 2.33. The van der Waals surface area contributed by atoms with Gasteiger partial charge in [-0.25, -0.2) is 0 Å². The molecule has 0 amide bonds. The lowest BCUT2D eigenvalue weighted by Crippen LogP contribution is -2.43. The van der Waals surface area contributed by atoms with Crippen molar-refractivity contribution >= 4 is 11.9 Å². The van der Waals surface area contributed by atoms with Gasteiger partial charge in [0, 0.05) is 0 Å². The van der Waals surface area contributed by atoms with Crippen molar-refractivity contribution in [3.63, 3.8) is 0 Å². The molecule has 0 saturated heterocycles. The van der Waals surface area contributed by atoms with Gasteiger partial charge in [0.05, 0.1) is 6.61 Å². The lowest BCUT2D eigenvalue weighted by Gasteiger charge is -2.28. The van der Waals surface area contributed by atoms with Crippen molar-refractivity contribution in [2.75, 3.05) is 6.61 Å². The predicted octanol–water partition coefficient (Wildman–Crippen LogP) is 3.28. The van der Waals surface area contributed by atoms with E-state index in [1.54, 1.807) is 6.92 Å².